The smallest absolute Gasteiger partial charge is 0.347 e. The number of hydrogen-bond acceptors (Lipinski definition) is 6. The Labute approximate surface area is 126 Å². The SMILES string of the molecule is C[C@@H]1C[C@H](OC(=O)c2cc(S(C)(=O)=O)ccc2Cl)C(=O)O1. The van der Waals surface area contributed by atoms with E-state index in [1.54, 1.807) is 6.92 Å². The number of halogens is 1. The molecule has 0 aromatic heterocycles. The summed E-state index contributed by atoms with van der Waals surface area (Å²) >= 11 is 5.88. The van der Waals surface area contributed by atoms with Crippen molar-refractivity contribution < 1.29 is 27.5 Å². The first-order valence-electron chi connectivity index (χ1n) is 6.09. The third-order valence-corrected chi connectivity index (χ3v) is 4.40. The maximum absolute atomic E-state index is 12.0. The van der Waals surface area contributed by atoms with E-state index in [9.17, 15) is 18.0 Å². The molecule has 0 aliphatic carbocycles. The molecular weight excluding hydrogens is 320 g/mol. The molecule has 114 valence electrons. The van der Waals surface area contributed by atoms with Crippen LogP contribution in [0.15, 0.2) is 23.1 Å². The van der Waals surface area contributed by atoms with Gasteiger partial charge in [0.1, 0.15) is 6.10 Å². The summed E-state index contributed by atoms with van der Waals surface area (Å²) in [7, 11) is -3.48. The highest BCUT2D eigenvalue weighted by Crippen LogP contribution is 2.24. The highest BCUT2D eigenvalue weighted by molar-refractivity contribution is 7.90. The Balaban J connectivity index is 2.25. The third-order valence-electron chi connectivity index (χ3n) is 2.96. The summed E-state index contributed by atoms with van der Waals surface area (Å²) in [5.41, 5.74) is -0.105. The van der Waals surface area contributed by atoms with Crippen LogP contribution in [-0.2, 0) is 24.1 Å². The lowest BCUT2D eigenvalue weighted by Crippen LogP contribution is -2.23. The topological polar surface area (TPSA) is 86.7 Å². The van der Waals surface area contributed by atoms with Crippen LogP contribution in [0.5, 0.6) is 0 Å². The first-order chi connectivity index (χ1) is 9.68. The maximum Gasteiger partial charge on any atom is 0.347 e. The molecule has 0 radical (unpaired) electrons. The summed E-state index contributed by atoms with van der Waals surface area (Å²) in [6, 6.07) is 3.72. The number of carbonyl (C=O) groups excluding carboxylic acids is 2. The van der Waals surface area contributed by atoms with E-state index in [-0.39, 0.29) is 28.0 Å². The van der Waals surface area contributed by atoms with Crippen molar-refractivity contribution in [2.45, 2.75) is 30.4 Å². The predicted octanol–water partition coefficient (Wildman–Crippen LogP) is 1.60. The van der Waals surface area contributed by atoms with Crippen molar-refractivity contribution in [1.82, 2.24) is 0 Å². The maximum atomic E-state index is 12.0. The zero-order chi connectivity index (χ0) is 15.8. The minimum absolute atomic E-state index is 0.0480. The summed E-state index contributed by atoms with van der Waals surface area (Å²) in [4.78, 5) is 23.4. The minimum atomic E-state index is -3.48. The molecule has 8 heteroatoms. The Morgan fingerprint density at radius 1 is 1.43 bits per heavy atom. The van der Waals surface area contributed by atoms with Crippen LogP contribution in [0.1, 0.15) is 23.7 Å². The highest BCUT2D eigenvalue weighted by atomic mass is 35.5. The first kappa shape index (κ1) is 15.8. The molecule has 0 spiro atoms. The van der Waals surface area contributed by atoms with Gasteiger partial charge in [-0.25, -0.2) is 18.0 Å². The largest absolute Gasteiger partial charge is 0.460 e. The number of sulfone groups is 1. The van der Waals surface area contributed by atoms with Gasteiger partial charge < -0.3 is 9.47 Å². The molecule has 1 aromatic rings. The average molecular weight is 333 g/mol. The Hall–Kier alpha value is -1.60. The number of esters is 2. The average Bonchev–Trinajstić information content (AvgIpc) is 2.66. The zero-order valence-electron chi connectivity index (χ0n) is 11.3. The zero-order valence-corrected chi connectivity index (χ0v) is 12.9. The second-order valence-electron chi connectivity index (χ2n) is 4.79. The highest BCUT2D eigenvalue weighted by Gasteiger charge is 2.35. The number of hydrogen-bond donors (Lipinski definition) is 0. The van der Waals surface area contributed by atoms with Crippen LogP contribution < -0.4 is 0 Å². The van der Waals surface area contributed by atoms with Crippen LogP contribution in [0, 0.1) is 0 Å². The molecule has 1 saturated heterocycles. The lowest BCUT2D eigenvalue weighted by molar-refractivity contribution is -0.147. The number of benzene rings is 1. The van der Waals surface area contributed by atoms with Gasteiger partial charge in [0.05, 0.1) is 15.5 Å². The quantitative estimate of drug-likeness (QED) is 0.781. The van der Waals surface area contributed by atoms with Gasteiger partial charge in [-0.3, -0.25) is 0 Å². The van der Waals surface area contributed by atoms with Gasteiger partial charge in [-0.15, -0.1) is 0 Å². The Morgan fingerprint density at radius 3 is 2.62 bits per heavy atom. The van der Waals surface area contributed by atoms with Crippen molar-refractivity contribution in [3.05, 3.63) is 28.8 Å². The summed E-state index contributed by atoms with van der Waals surface area (Å²) in [5, 5.41) is 0.0480. The van der Waals surface area contributed by atoms with E-state index in [1.807, 2.05) is 0 Å². The normalized spacial score (nSPS) is 22.0. The van der Waals surface area contributed by atoms with Crippen molar-refractivity contribution >= 4 is 33.4 Å². The fraction of sp³-hybridized carbons (Fsp3) is 0.385. The molecule has 1 fully saturated rings. The molecule has 2 atom stereocenters. The van der Waals surface area contributed by atoms with E-state index in [2.05, 4.69) is 0 Å². The van der Waals surface area contributed by atoms with E-state index in [0.29, 0.717) is 0 Å². The standard InChI is InChI=1S/C13H13ClO6S/c1-7-5-11(13(16)19-7)20-12(15)9-6-8(21(2,17)18)3-4-10(9)14/h3-4,6-7,11H,5H2,1-2H3/t7-,11+/m1/s1. The van der Waals surface area contributed by atoms with Gasteiger partial charge in [-0.2, -0.15) is 0 Å². The molecule has 1 aliphatic rings. The molecule has 2 rings (SSSR count). The van der Waals surface area contributed by atoms with Crippen LogP contribution in [0.2, 0.25) is 5.02 Å². The minimum Gasteiger partial charge on any atom is -0.460 e. The summed E-state index contributed by atoms with van der Waals surface area (Å²) in [6.07, 6.45) is -0.0476. The van der Waals surface area contributed by atoms with Crippen LogP contribution in [-0.4, -0.2) is 38.8 Å². The predicted molar refractivity (Wildman–Crippen MR) is 73.9 cm³/mol. The monoisotopic (exact) mass is 332 g/mol. The molecule has 0 N–H and O–H groups in total. The summed E-state index contributed by atoms with van der Waals surface area (Å²) in [6.45, 7) is 1.68. The van der Waals surface area contributed by atoms with Crippen LogP contribution >= 0.6 is 11.6 Å². The molecular formula is C13H13ClO6S. The van der Waals surface area contributed by atoms with Crippen molar-refractivity contribution in [2.75, 3.05) is 6.26 Å². The van der Waals surface area contributed by atoms with E-state index in [4.69, 9.17) is 21.1 Å². The fourth-order valence-electron chi connectivity index (χ4n) is 1.90. The lowest BCUT2D eigenvalue weighted by Gasteiger charge is -2.10. The van der Waals surface area contributed by atoms with Gasteiger partial charge in [0.2, 0.25) is 6.10 Å². The van der Waals surface area contributed by atoms with Crippen molar-refractivity contribution in [3.63, 3.8) is 0 Å². The van der Waals surface area contributed by atoms with Crippen LogP contribution in [0.4, 0.5) is 0 Å². The molecule has 21 heavy (non-hydrogen) atoms. The van der Waals surface area contributed by atoms with Gasteiger partial charge in [0.15, 0.2) is 9.84 Å². The fourth-order valence-corrected chi connectivity index (χ4v) is 2.74. The van der Waals surface area contributed by atoms with E-state index in [1.165, 1.54) is 12.1 Å². The molecule has 0 saturated carbocycles. The third kappa shape index (κ3) is 3.54. The number of rotatable bonds is 3. The second kappa shape index (κ2) is 5.65. The van der Waals surface area contributed by atoms with E-state index >= 15 is 0 Å². The van der Waals surface area contributed by atoms with E-state index in [0.717, 1.165) is 12.3 Å². The molecule has 0 bridgehead atoms. The summed E-state index contributed by atoms with van der Waals surface area (Å²) in [5.74, 6) is -1.48. The Morgan fingerprint density at radius 2 is 2.10 bits per heavy atom. The number of ether oxygens (including phenoxy) is 2. The van der Waals surface area contributed by atoms with Crippen molar-refractivity contribution in [2.24, 2.45) is 0 Å². The van der Waals surface area contributed by atoms with Gasteiger partial charge >= 0.3 is 11.9 Å². The van der Waals surface area contributed by atoms with Gasteiger partial charge in [0, 0.05) is 12.7 Å². The van der Waals surface area contributed by atoms with Crippen molar-refractivity contribution in [3.8, 4) is 0 Å². The van der Waals surface area contributed by atoms with Gasteiger partial charge in [0.25, 0.3) is 0 Å². The second-order valence-corrected chi connectivity index (χ2v) is 7.21. The molecule has 1 aromatic carbocycles. The van der Waals surface area contributed by atoms with Crippen LogP contribution in [0.25, 0.3) is 0 Å². The van der Waals surface area contributed by atoms with Gasteiger partial charge in [-0.05, 0) is 25.1 Å². The van der Waals surface area contributed by atoms with Gasteiger partial charge in [-0.1, -0.05) is 11.6 Å². The molecule has 1 heterocycles. The molecule has 6 nitrogen and oxygen atoms in total. The van der Waals surface area contributed by atoms with Crippen LogP contribution in [0.3, 0.4) is 0 Å². The number of cyclic esters (lactones) is 1. The lowest BCUT2D eigenvalue weighted by atomic mass is 10.2. The summed E-state index contributed by atoms with van der Waals surface area (Å²) < 4.78 is 32.9. The molecule has 1 aliphatic heterocycles. The molecule has 0 amide bonds. The Kier molecular flexibility index (Phi) is 4.25. The van der Waals surface area contributed by atoms with E-state index < -0.39 is 27.9 Å². The Bertz CT molecular complexity index is 697. The number of carbonyl (C=O) groups is 2. The first-order valence-corrected chi connectivity index (χ1v) is 8.36. The van der Waals surface area contributed by atoms with Crippen molar-refractivity contribution in [1.29, 1.82) is 0 Å². The molecule has 0 unspecified atom stereocenters.